The highest BCUT2D eigenvalue weighted by atomic mass is 15.3. The van der Waals surface area contributed by atoms with Crippen LogP contribution in [0.3, 0.4) is 0 Å². The van der Waals surface area contributed by atoms with Gasteiger partial charge in [0.1, 0.15) is 0 Å². The van der Waals surface area contributed by atoms with Gasteiger partial charge in [-0.05, 0) is 17.7 Å². The molecule has 2 aromatic rings. The van der Waals surface area contributed by atoms with Crippen LogP contribution in [0.2, 0.25) is 0 Å². The fourth-order valence-corrected chi connectivity index (χ4v) is 1.42. The molecule has 72 valence electrons. The fraction of sp³-hybridized carbons (Fsp3) is 0.200. The highest BCUT2D eigenvalue weighted by Gasteiger charge is 2.11. The van der Waals surface area contributed by atoms with E-state index in [4.69, 9.17) is 5.73 Å². The molecule has 0 saturated carbocycles. The summed E-state index contributed by atoms with van der Waals surface area (Å²) in [6, 6.07) is 5.60. The number of hydrogen-bond donors (Lipinski definition) is 1. The van der Waals surface area contributed by atoms with E-state index in [2.05, 4.69) is 10.1 Å². The summed E-state index contributed by atoms with van der Waals surface area (Å²) in [6.45, 7) is 0. The monoisotopic (exact) mass is 188 g/mol. The molecular formula is C10H12N4. The Kier molecular flexibility index (Phi) is 2.28. The van der Waals surface area contributed by atoms with Crippen molar-refractivity contribution in [1.82, 2.24) is 14.8 Å². The number of hydrogen-bond acceptors (Lipinski definition) is 3. The van der Waals surface area contributed by atoms with Gasteiger partial charge in [0.25, 0.3) is 0 Å². The van der Waals surface area contributed by atoms with Gasteiger partial charge in [-0.2, -0.15) is 5.10 Å². The molecule has 2 aromatic heterocycles. The average molecular weight is 188 g/mol. The van der Waals surface area contributed by atoms with E-state index in [1.807, 2.05) is 25.2 Å². The number of rotatable bonds is 2. The first-order chi connectivity index (χ1) is 6.79. The lowest BCUT2D eigenvalue weighted by atomic mass is 10.1. The lowest BCUT2D eigenvalue weighted by Crippen LogP contribution is -2.15. The topological polar surface area (TPSA) is 56.7 Å². The van der Waals surface area contributed by atoms with E-state index in [1.165, 1.54) is 0 Å². The molecule has 0 amide bonds. The molecule has 2 N–H and O–H groups in total. The van der Waals surface area contributed by atoms with Gasteiger partial charge < -0.3 is 5.73 Å². The van der Waals surface area contributed by atoms with Gasteiger partial charge in [-0.1, -0.05) is 6.07 Å². The van der Waals surface area contributed by atoms with Crippen molar-refractivity contribution in [2.75, 3.05) is 0 Å². The van der Waals surface area contributed by atoms with Crippen molar-refractivity contribution in [1.29, 1.82) is 0 Å². The van der Waals surface area contributed by atoms with E-state index in [0.717, 1.165) is 11.3 Å². The van der Waals surface area contributed by atoms with Crippen LogP contribution in [0.4, 0.5) is 0 Å². The van der Waals surface area contributed by atoms with Crippen LogP contribution in [0.25, 0.3) is 0 Å². The number of pyridine rings is 1. The van der Waals surface area contributed by atoms with Gasteiger partial charge in [0.15, 0.2) is 0 Å². The van der Waals surface area contributed by atoms with Gasteiger partial charge in [0, 0.05) is 25.6 Å². The molecule has 0 saturated heterocycles. The Labute approximate surface area is 82.4 Å². The maximum absolute atomic E-state index is 6.06. The summed E-state index contributed by atoms with van der Waals surface area (Å²) in [4.78, 5) is 4.04. The number of aryl methyl sites for hydroxylation is 1. The van der Waals surface area contributed by atoms with E-state index in [0.29, 0.717) is 0 Å². The van der Waals surface area contributed by atoms with Crippen LogP contribution in [0.15, 0.2) is 36.8 Å². The van der Waals surface area contributed by atoms with Crippen LogP contribution >= 0.6 is 0 Å². The molecule has 0 aromatic carbocycles. The molecule has 0 fully saturated rings. The van der Waals surface area contributed by atoms with Crippen LogP contribution in [0.5, 0.6) is 0 Å². The first-order valence-electron chi connectivity index (χ1n) is 4.42. The Morgan fingerprint density at radius 2 is 2.21 bits per heavy atom. The van der Waals surface area contributed by atoms with Gasteiger partial charge in [-0.3, -0.25) is 9.67 Å². The molecule has 0 radical (unpaired) electrons. The van der Waals surface area contributed by atoms with Crippen LogP contribution < -0.4 is 5.73 Å². The maximum atomic E-state index is 6.06. The second-order valence-electron chi connectivity index (χ2n) is 3.14. The summed E-state index contributed by atoms with van der Waals surface area (Å²) in [5, 5.41) is 4.08. The molecule has 0 aliphatic carbocycles. The standard InChI is InChI=1S/C10H12N4/c1-14-9(4-6-13-14)10(11)8-3-2-5-12-7-8/h2-7,10H,11H2,1H3. The highest BCUT2D eigenvalue weighted by Crippen LogP contribution is 2.16. The van der Waals surface area contributed by atoms with Gasteiger partial charge in [-0.15, -0.1) is 0 Å². The van der Waals surface area contributed by atoms with Crippen LogP contribution in [0.1, 0.15) is 17.3 Å². The Hall–Kier alpha value is -1.68. The van der Waals surface area contributed by atoms with E-state index >= 15 is 0 Å². The van der Waals surface area contributed by atoms with Gasteiger partial charge in [0.2, 0.25) is 0 Å². The molecule has 2 heterocycles. The molecule has 0 aliphatic rings. The molecule has 0 spiro atoms. The van der Waals surface area contributed by atoms with Gasteiger partial charge in [-0.25, -0.2) is 0 Å². The van der Waals surface area contributed by atoms with E-state index in [-0.39, 0.29) is 6.04 Å². The zero-order valence-corrected chi connectivity index (χ0v) is 7.96. The molecule has 0 bridgehead atoms. The summed E-state index contributed by atoms with van der Waals surface area (Å²) in [6.07, 6.45) is 5.25. The van der Waals surface area contributed by atoms with Crippen molar-refractivity contribution in [2.45, 2.75) is 6.04 Å². The summed E-state index contributed by atoms with van der Waals surface area (Å²) >= 11 is 0. The van der Waals surface area contributed by atoms with Crippen molar-refractivity contribution < 1.29 is 0 Å². The van der Waals surface area contributed by atoms with Crippen molar-refractivity contribution >= 4 is 0 Å². The summed E-state index contributed by atoms with van der Waals surface area (Å²) in [7, 11) is 1.88. The first-order valence-corrected chi connectivity index (χ1v) is 4.42. The molecule has 0 aliphatic heterocycles. The number of nitrogens with two attached hydrogens (primary N) is 1. The molecule has 4 heteroatoms. The van der Waals surface area contributed by atoms with Crippen LogP contribution in [-0.2, 0) is 7.05 Å². The smallest absolute Gasteiger partial charge is 0.0738 e. The van der Waals surface area contributed by atoms with E-state index < -0.39 is 0 Å². The number of aromatic nitrogens is 3. The minimum Gasteiger partial charge on any atom is -0.319 e. The molecule has 4 nitrogen and oxygen atoms in total. The quantitative estimate of drug-likeness (QED) is 0.760. The third kappa shape index (κ3) is 1.52. The minimum atomic E-state index is -0.156. The van der Waals surface area contributed by atoms with Crippen molar-refractivity contribution in [2.24, 2.45) is 12.8 Å². The molecule has 1 unspecified atom stereocenters. The molecule has 2 rings (SSSR count). The molecule has 14 heavy (non-hydrogen) atoms. The Bertz CT molecular complexity index is 407. The van der Waals surface area contributed by atoms with E-state index in [9.17, 15) is 0 Å². The van der Waals surface area contributed by atoms with Crippen LogP contribution in [0, 0.1) is 0 Å². The lowest BCUT2D eigenvalue weighted by Gasteiger charge is -2.11. The largest absolute Gasteiger partial charge is 0.319 e. The molecular weight excluding hydrogens is 176 g/mol. The predicted octanol–water partition coefficient (Wildman–Crippen LogP) is 0.863. The maximum Gasteiger partial charge on any atom is 0.0738 e. The SMILES string of the molecule is Cn1nccc1C(N)c1cccnc1. The van der Waals surface area contributed by atoms with Crippen molar-refractivity contribution in [3.05, 3.63) is 48.0 Å². The highest BCUT2D eigenvalue weighted by molar-refractivity contribution is 5.23. The Balaban J connectivity index is 2.34. The van der Waals surface area contributed by atoms with Gasteiger partial charge >= 0.3 is 0 Å². The average Bonchev–Trinajstić information content (AvgIpc) is 2.65. The zero-order valence-electron chi connectivity index (χ0n) is 7.96. The third-order valence-corrected chi connectivity index (χ3v) is 2.22. The number of nitrogens with zero attached hydrogens (tertiary/aromatic N) is 3. The van der Waals surface area contributed by atoms with E-state index in [1.54, 1.807) is 23.3 Å². The third-order valence-electron chi connectivity index (χ3n) is 2.22. The lowest BCUT2D eigenvalue weighted by molar-refractivity contribution is 0.672. The first kappa shape index (κ1) is 8.90. The fourth-order valence-electron chi connectivity index (χ4n) is 1.42. The summed E-state index contributed by atoms with van der Waals surface area (Å²) < 4.78 is 1.78. The predicted molar refractivity (Wildman–Crippen MR) is 53.5 cm³/mol. The van der Waals surface area contributed by atoms with Crippen molar-refractivity contribution in [3.63, 3.8) is 0 Å². The normalized spacial score (nSPS) is 12.7. The Morgan fingerprint density at radius 3 is 2.79 bits per heavy atom. The summed E-state index contributed by atoms with van der Waals surface area (Å²) in [5.74, 6) is 0. The second kappa shape index (κ2) is 3.59. The molecule has 1 atom stereocenters. The van der Waals surface area contributed by atoms with Crippen molar-refractivity contribution in [3.8, 4) is 0 Å². The second-order valence-corrected chi connectivity index (χ2v) is 3.14. The minimum absolute atomic E-state index is 0.156. The Morgan fingerprint density at radius 1 is 1.36 bits per heavy atom. The van der Waals surface area contributed by atoms with Crippen LogP contribution in [-0.4, -0.2) is 14.8 Å². The zero-order chi connectivity index (χ0) is 9.97. The van der Waals surface area contributed by atoms with Gasteiger partial charge in [0.05, 0.1) is 11.7 Å². The summed E-state index contributed by atoms with van der Waals surface area (Å²) in [5.41, 5.74) is 8.04.